The van der Waals surface area contributed by atoms with Gasteiger partial charge in [-0.05, 0) is 65.6 Å². The number of benzene rings is 2. The molecule has 43 heavy (non-hydrogen) atoms. The van der Waals surface area contributed by atoms with Gasteiger partial charge in [-0.1, -0.05) is 57.2 Å². The zero-order valence-electron chi connectivity index (χ0n) is 23.5. The Morgan fingerprint density at radius 3 is 2.53 bits per heavy atom. The Morgan fingerprint density at radius 2 is 1.88 bits per heavy atom. The summed E-state index contributed by atoms with van der Waals surface area (Å²) >= 11 is 2.16. The molecule has 12 heteroatoms. The molecule has 0 N–H and O–H groups in total. The van der Waals surface area contributed by atoms with Crippen molar-refractivity contribution in [2.75, 3.05) is 0 Å². The number of thiophene rings is 1. The highest BCUT2D eigenvalue weighted by Crippen LogP contribution is 2.45. The molecule has 7 nitrogen and oxygen atoms in total. The van der Waals surface area contributed by atoms with Crippen molar-refractivity contribution in [3.05, 3.63) is 92.0 Å². The first-order valence-corrected chi connectivity index (χ1v) is 15.0. The van der Waals surface area contributed by atoms with Gasteiger partial charge in [0, 0.05) is 22.7 Å². The first kappa shape index (κ1) is 30.4. The van der Waals surface area contributed by atoms with Crippen LogP contribution in [0.2, 0.25) is 0 Å². The molecular formula is C31H26F3N5O2S2. The molecule has 0 aliphatic heterocycles. The fraction of sp³-hybridized carbons (Fsp3) is 0.290. The summed E-state index contributed by atoms with van der Waals surface area (Å²) in [5.74, 6) is 0.499. The van der Waals surface area contributed by atoms with Crippen LogP contribution in [-0.4, -0.2) is 21.1 Å². The van der Waals surface area contributed by atoms with E-state index in [4.69, 9.17) is 0 Å². The van der Waals surface area contributed by atoms with E-state index >= 15 is 0 Å². The number of aromatic nitrogens is 2. The van der Waals surface area contributed by atoms with Gasteiger partial charge < -0.3 is 0 Å². The summed E-state index contributed by atoms with van der Waals surface area (Å²) in [7, 11) is 0. The monoisotopic (exact) mass is 621 g/mol. The Morgan fingerprint density at radius 1 is 1.14 bits per heavy atom. The molecule has 4 aromatic rings. The molecule has 0 radical (unpaired) electrons. The lowest BCUT2D eigenvalue weighted by Crippen LogP contribution is -2.26. The molecule has 2 aromatic heterocycles. The Bertz CT molecular complexity index is 1760. The van der Waals surface area contributed by atoms with Crippen molar-refractivity contribution < 1.29 is 18.1 Å². The topological polar surface area (TPSA) is 105 Å². The summed E-state index contributed by atoms with van der Waals surface area (Å²) < 4.78 is 40.9. The molecule has 0 spiro atoms. The van der Waals surface area contributed by atoms with Crippen LogP contribution in [-0.2, 0) is 19.0 Å². The van der Waals surface area contributed by atoms with E-state index in [9.17, 15) is 28.5 Å². The van der Waals surface area contributed by atoms with Crippen LogP contribution in [0.5, 0.6) is 0 Å². The number of rotatable bonds is 6. The van der Waals surface area contributed by atoms with E-state index in [0.717, 1.165) is 35.8 Å². The molecule has 0 bridgehead atoms. The number of nitro groups is 1. The fourth-order valence-corrected chi connectivity index (χ4v) is 7.05. The Balaban J connectivity index is 1.45. The van der Waals surface area contributed by atoms with Crippen molar-refractivity contribution in [3.63, 3.8) is 0 Å². The van der Waals surface area contributed by atoms with E-state index in [0.29, 0.717) is 39.4 Å². The Hall–Kier alpha value is -4.08. The normalized spacial score (nSPS) is 15.3. The van der Waals surface area contributed by atoms with Gasteiger partial charge in [-0.25, -0.2) is 15.0 Å². The lowest BCUT2D eigenvalue weighted by molar-refractivity contribution is -0.387. The maximum atomic E-state index is 13.6. The predicted molar refractivity (Wildman–Crippen MR) is 161 cm³/mol. The highest BCUT2D eigenvalue weighted by molar-refractivity contribution is 7.99. The van der Waals surface area contributed by atoms with Crippen molar-refractivity contribution >= 4 is 40.0 Å². The summed E-state index contributed by atoms with van der Waals surface area (Å²) in [5.41, 5.74) is 1.19. The minimum atomic E-state index is -4.73. The maximum Gasteiger partial charge on any atom is 0.433 e. The van der Waals surface area contributed by atoms with Crippen molar-refractivity contribution in [3.8, 4) is 17.3 Å². The second-order valence-corrected chi connectivity index (χ2v) is 13.3. The van der Waals surface area contributed by atoms with Gasteiger partial charge in [-0.2, -0.15) is 18.4 Å². The fourth-order valence-electron chi connectivity index (χ4n) is 4.96. The zero-order valence-corrected chi connectivity index (χ0v) is 25.1. The second-order valence-electron chi connectivity index (χ2n) is 11.2. The highest BCUT2D eigenvalue weighted by Gasteiger charge is 2.34. The molecule has 1 atom stereocenters. The predicted octanol–water partition coefficient (Wildman–Crippen LogP) is 9.06. The molecule has 220 valence electrons. The summed E-state index contributed by atoms with van der Waals surface area (Å²) in [6.07, 6.45) is -0.569. The first-order valence-electron chi connectivity index (χ1n) is 13.4. The van der Waals surface area contributed by atoms with Gasteiger partial charge in [0.1, 0.15) is 16.8 Å². The minimum Gasteiger partial charge on any atom is -0.258 e. The van der Waals surface area contributed by atoms with E-state index in [-0.39, 0.29) is 26.8 Å². The van der Waals surface area contributed by atoms with Crippen LogP contribution in [0.3, 0.4) is 0 Å². The van der Waals surface area contributed by atoms with E-state index in [1.54, 1.807) is 36.4 Å². The molecule has 1 aliphatic carbocycles. The van der Waals surface area contributed by atoms with Gasteiger partial charge in [0.2, 0.25) is 0 Å². The molecule has 2 heterocycles. The van der Waals surface area contributed by atoms with Crippen molar-refractivity contribution in [2.24, 2.45) is 16.3 Å². The molecular weight excluding hydrogens is 596 g/mol. The number of alkyl halides is 3. The molecule has 5 rings (SSSR count). The van der Waals surface area contributed by atoms with Crippen LogP contribution in [0.15, 0.2) is 69.6 Å². The third-order valence-electron chi connectivity index (χ3n) is 7.36. The lowest BCUT2D eigenvalue weighted by Gasteiger charge is -2.33. The number of hydrogen-bond acceptors (Lipinski definition) is 8. The number of halogens is 3. The number of nitrogens with zero attached hydrogens (tertiary/aromatic N) is 5. The van der Waals surface area contributed by atoms with Crippen LogP contribution in [0.25, 0.3) is 11.3 Å². The Labute approximate surface area is 254 Å². The van der Waals surface area contributed by atoms with E-state index < -0.39 is 16.8 Å². The van der Waals surface area contributed by atoms with Gasteiger partial charge in [0.05, 0.1) is 21.1 Å². The lowest BCUT2D eigenvalue weighted by atomic mass is 9.72. The standard InChI is InChI=1S/C31H26F3N5O2S2/c1-30(2,3)20-10-11-21-22(16-35)28(42-26(21)14-20)36-17-18-9-12-25(24(13-18)39(40)41)43-29-37-23(19-7-5-4-6-8-19)15-27(38-29)31(32,33)34/h4-9,12-13,15,17,20H,10-11,14H2,1-3H3/t20-/m1/s1. The van der Waals surface area contributed by atoms with Gasteiger partial charge in [0.25, 0.3) is 5.69 Å². The van der Waals surface area contributed by atoms with Crippen LogP contribution >= 0.6 is 23.1 Å². The van der Waals surface area contributed by atoms with E-state index in [1.807, 2.05) is 0 Å². The quantitative estimate of drug-likeness (QED) is 0.0921. The SMILES string of the molecule is CC(C)(C)[C@@H]1CCc2c(sc(N=Cc3ccc(Sc4nc(-c5ccccc5)cc(C(F)(F)F)n4)c([N+](=O)[O-])c3)c2C#N)C1. The first-order chi connectivity index (χ1) is 20.3. The average molecular weight is 622 g/mol. The number of aliphatic imine (C=N–C) groups is 1. The second kappa shape index (κ2) is 11.9. The Kier molecular flexibility index (Phi) is 8.40. The van der Waals surface area contributed by atoms with Gasteiger partial charge in [-0.15, -0.1) is 11.3 Å². The maximum absolute atomic E-state index is 13.6. The number of hydrogen-bond donors (Lipinski definition) is 0. The largest absolute Gasteiger partial charge is 0.433 e. The van der Waals surface area contributed by atoms with Gasteiger partial charge in [-0.3, -0.25) is 10.1 Å². The number of nitriles is 1. The third-order valence-corrected chi connectivity index (χ3v) is 9.45. The van der Waals surface area contributed by atoms with Crippen molar-refractivity contribution in [1.82, 2.24) is 9.97 Å². The third kappa shape index (κ3) is 6.78. The summed E-state index contributed by atoms with van der Waals surface area (Å²) in [6.45, 7) is 6.66. The molecule has 0 saturated heterocycles. The van der Waals surface area contributed by atoms with Crippen LogP contribution < -0.4 is 0 Å². The average Bonchev–Trinajstić information content (AvgIpc) is 3.32. The molecule has 0 fully saturated rings. The van der Waals surface area contributed by atoms with Gasteiger partial charge in [0.15, 0.2) is 5.16 Å². The molecule has 0 unspecified atom stereocenters. The summed E-state index contributed by atoms with van der Waals surface area (Å²) in [5, 5.41) is 22.1. The molecule has 2 aromatic carbocycles. The van der Waals surface area contributed by atoms with E-state index in [1.165, 1.54) is 29.7 Å². The molecule has 0 saturated carbocycles. The minimum absolute atomic E-state index is 0.0533. The summed E-state index contributed by atoms with van der Waals surface area (Å²) in [6, 6.07) is 15.8. The summed E-state index contributed by atoms with van der Waals surface area (Å²) in [4.78, 5) is 25.0. The number of fused-ring (bicyclic) bond motifs is 1. The van der Waals surface area contributed by atoms with Gasteiger partial charge >= 0.3 is 6.18 Å². The highest BCUT2D eigenvalue weighted by atomic mass is 32.2. The van der Waals surface area contributed by atoms with Crippen molar-refractivity contribution in [2.45, 2.75) is 56.3 Å². The van der Waals surface area contributed by atoms with Crippen molar-refractivity contribution in [1.29, 1.82) is 5.26 Å². The molecule has 1 aliphatic rings. The smallest absolute Gasteiger partial charge is 0.258 e. The number of nitro benzene ring substituents is 1. The van der Waals surface area contributed by atoms with Crippen LogP contribution in [0, 0.1) is 32.8 Å². The zero-order chi connectivity index (χ0) is 30.9. The van der Waals surface area contributed by atoms with E-state index in [2.05, 4.69) is 41.8 Å². The van der Waals surface area contributed by atoms with Crippen LogP contribution in [0.1, 0.15) is 54.5 Å². The van der Waals surface area contributed by atoms with Crippen LogP contribution in [0.4, 0.5) is 23.9 Å². The molecule has 0 amide bonds.